The zero-order chi connectivity index (χ0) is 19.4. The van der Waals surface area contributed by atoms with E-state index in [2.05, 4.69) is 14.8 Å². The van der Waals surface area contributed by atoms with Crippen LogP contribution in [0.1, 0.15) is 43.8 Å². The van der Waals surface area contributed by atoms with Crippen LogP contribution in [0, 0.1) is 11.3 Å². The summed E-state index contributed by atoms with van der Waals surface area (Å²) < 4.78 is 35.6. The molecule has 8 heteroatoms. The summed E-state index contributed by atoms with van der Waals surface area (Å²) in [5.74, 6) is 2.48. The average molecular weight is 403 g/mol. The molecule has 1 aliphatic heterocycles. The Morgan fingerprint density at radius 1 is 1.21 bits per heavy atom. The van der Waals surface area contributed by atoms with Crippen molar-refractivity contribution in [2.45, 2.75) is 49.5 Å². The largest absolute Gasteiger partial charge is 0.497 e. The Morgan fingerprint density at radius 2 is 1.96 bits per heavy atom. The van der Waals surface area contributed by atoms with Crippen LogP contribution in [0.15, 0.2) is 35.5 Å². The van der Waals surface area contributed by atoms with Crippen molar-refractivity contribution >= 4 is 10.0 Å². The standard InChI is InChI=1S/C20H26N4O3S/c1-27-16-5-7-17(8-6-16)28(25,26)24-12-18(20(13-24)9-2-10-20)19-22-21-14-23(19)11-15-3-4-15/h5-8,14-15,18H,2-4,9-13H2,1H3. The smallest absolute Gasteiger partial charge is 0.243 e. The lowest BCUT2D eigenvalue weighted by Gasteiger charge is -2.42. The minimum absolute atomic E-state index is 0.00781. The molecule has 0 amide bonds. The molecule has 2 aliphatic carbocycles. The van der Waals surface area contributed by atoms with Crippen LogP contribution in [0.4, 0.5) is 0 Å². The van der Waals surface area contributed by atoms with Crippen molar-refractivity contribution in [1.29, 1.82) is 0 Å². The molecule has 1 unspecified atom stereocenters. The minimum atomic E-state index is -3.54. The highest BCUT2D eigenvalue weighted by Crippen LogP contribution is 2.56. The van der Waals surface area contributed by atoms with Gasteiger partial charge in [-0.25, -0.2) is 8.42 Å². The second kappa shape index (κ2) is 6.56. The monoisotopic (exact) mass is 402 g/mol. The molecule has 2 heterocycles. The Kier molecular flexibility index (Phi) is 4.24. The molecule has 0 radical (unpaired) electrons. The lowest BCUT2D eigenvalue weighted by atomic mass is 9.62. The molecule has 3 aliphatic rings. The van der Waals surface area contributed by atoms with Crippen LogP contribution < -0.4 is 4.74 Å². The molecule has 1 atom stereocenters. The topological polar surface area (TPSA) is 77.3 Å². The highest BCUT2D eigenvalue weighted by molar-refractivity contribution is 7.89. The van der Waals surface area contributed by atoms with E-state index in [-0.39, 0.29) is 11.3 Å². The number of rotatable bonds is 6. The van der Waals surface area contributed by atoms with Crippen molar-refractivity contribution in [1.82, 2.24) is 19.1 Å². The van der Waals surface area contributed by atoms with Crippen LogP contribution in [0.25, 0.3) is 0 Å². The Bertz CT molecular complexity index is 962. The first-order chi connectivity index (χ1) is 13.5. The predicted molar refractivity (Wildman–Crippen MR) is 104 cm³/mol. The molecule has 150 valence electrons. The lowest BCUT2D eigenvalue weighted by molar-refractivity contribution is 0.125. The molecule has 1 aromatic heterocycles. The van der Waals surface area contributed by atoms with E-state index in [1.807, 2.05) is 6.33 Å². The third-order valence-electron chi connectivity index (χ3n) is 6.77. The third-order valence-corrected chi connectivity index (χ3v) is 8.60. The number of sulfonamides is 1. The van der Waals surface area contributed by atoms with Gasteiger partial charge in [-0.3, -0.25) is 0 Å². The summed E-state index contributed by atoms with van der Waals surface area (Å²) >= 11 is 0. The van der Waals surface area contributed by atoms with Gasteiger partial charge in [-0.05, 0) is 61.3 Å². The summed E-state index contributed by atoms with van der Waals surface area (Å²) in [7, 11) is -1.96. The maximum atomic E-state index is 13.3. The predicted octanol–water partition coefficient (Wildman–Crippen LogP) is 2.66. The van der Waals surface area contributed by atoms with Crippen molar-refractivity contribution in [2.24, 2.45) is 11.3 Å². The van der Waals surface area contributed by atoms with Gasteiger partial charge >= 0.3 is 0 Å². The SMILES string of the molecule is COc1ccc(S(=O)(=O)N2CC(c3nncn3CC3CC3)C3(CCC3)C2)cc1. The van der Waals surface area contributed by atoms with Gasteiger partial charge in [0.05, 0.1) is 12.0 Å². The van der Waals surface area contributed by atoms with Crippen LogP contribution >= 0.6 is 0 Å². The summed E-state index contributed by atoms with van der Waals surface area (Å²) in [5.41, 5.74) is 0.00781. The van der Waals surface area contributed by atoms with Crippen molar-refractivity contribution in [3.63, 3.8) is 0 Å². The van der Waals surface area contributed by atoms with Crippen LogP contribution in [-0.4, -0.2) is 47.7 Å². The summed E-state index contributed by atoms with van der Waals surface area (Å²) in [6, 6.07) is 6.66. The molecule has 1 spiro atoms. The van der Waals surface area contributed by atoms with Gasteiger partial charge in [-0.1, -0.05) is 6.42 Å². The first-order valence-electron chi connectivity index (χ1n) is 10.0. The number of nitrogens with zero attached hydrogens (tertiary/aromatic N) is 4. The van der Waals surface area contributed by atoms with E-state index < -0.39 is 10.0 Å². The molecule has 0 N–H and O–H groups in total. The van der Waals surface area contributed by atoms with E-state index in [1.165, 1.54) is 12.8 Å². The molecule has 2 saturated carbocycles. The summed E-state index contributed by atoms with van der Waals surface area (Å²) in [5, 5.41) is 8.61. The molecule has 3 fully saturated rings. The summed E-state index contributed by atoms with van der Waals surface area (Å²) in [4.78, 5) is 0.322. The Hall–Kier alpha value is -1.93. The van der Waals surface area contributed by atoms with E-state index in [1.54, 1.807) is 35.7 Å². The second-order valence-electron chi connectivity index (χ2n) is 8.53. The average Bonchev–Trinajstić information content (AvgIpc) is 3.20. The second-order valence-corrected chi connectivity index (χ2v) is 10.5. The molecule has 28 heavy (non-hydrogen) atoms. The molecule has 1 aromatic carbocycles. The minimum Gasteiger partial charge on any atom is -0.497 e. The van der Waals surface area contributed by atoms with Gasteiger partial charge < -0.3 is 9.30 Å². The van der Waals surface area contributed by atoms with Crippen molar-refractivity contribution in [3.05, 3.63) is 36.4 Å². The molecule has 5 rings (SSSR count). The number of aromatic nitrogens is 3. The van der Waals surface area contributed by atoms with Gasteiger partial charge in [0.2, 0.25) is 10.0 Å². The number of hydrogen-bond acceptors (Lipinski definition) is 5. The van der Waals surface area contributed by atoms with Crippen LogP contribution in [0.3, 0.4) is 0 Å². The van der Waals surface area contributed by atoms with Gasteiger partial charge in [0.15, 0.2) is 0 Å². The van der Waals surface area contributed by atoms with Crippen LogP contribution in [0.5, 0.6) is 5.75 Å². The van der Waals surface area contributed by atoms with E-state index in [0.29, 0.717) is 23.7 Å². The van der Waals surface area contributed by atoms with Crippen molar-refractivity contribution in [3.8, 4) is 5.75 Å². The number of ether oxygens (including phenoxy) is 1. The fourth-order valence-electron chi connectivity index (χ4n) is 4.75. The normalized spacial score (nSPS) is 24.4. The summed E-state index contributed by atoms with van der Waals surface area (Å²) in [6.07, 6.45) is 7.63. The highest BCUT2D eigenvalue weighted by atomic mass is 32.2. The first-order valence-corrected chi connectivity index (χ1v) is 11.5. The Labute approximate surface area is 165 Å². The zero-order valence-electron chi connectivity index (χ0n) is 16.1. The Morgan fingerprint density at radius 3 is 2.57 bits per heavy atom. The van der Waals surface area contributed by atoms with Crippen molar-refractivity contribution in [2.75, 3.05) is 20.2 Å². The molecule has 0 bridgehead atoms. The van der Waals surface area contributed by atoms with Gasteiger partial charge in [0.1, 0.15) is 17.9 Å². The van der Waals surface area contributed by atoms with Crippen LogP contribution in [-0.2, 0) is 16.6 Å². The molecular formula is C20H26N4O3S. The fraction of sp³-hybridized carbons (Fsp3) is 0.600. The van der Waals surface area contributed by atoms with Gasteiger partial charge in [-0.2, -0.15) is 4.31 Å². The highest BCUT2D eigenvalue weighted by Gasteiger charge is 2.55. The first kappa shape index (κ1) is 18.1. The lowest BCUT2D eigenvalue weighted by Crippen LogP contribution is -2.38. The van der Waals surface area contributed by atoms with Gasteiger partial charge in [0, 0.05) is 25.6 Å². The van der Waals surface area contributed by atoms with Gasteiger partial charge in [-0.15, -0.1) is 10.2 Å². The van der Waals surface area contributed by atoms with Gasteiger partial charge in [0.25, 0.3) is 0 Å². The van der Waals surface area contributed by atoms with Crippen molar-refractivity contribution < 1.29 is 13.2 Å². The molecule has 2 aromatic rings. The summed E-state index contributed by atoms with van der Waals surface area (Å²) in [6.45, 7) is 2.01. The molecule has 7 nitrogen and oxygen atoms in total. The number of methoxy groups -OCH3 is 1. The van der Waals surface area contributed by atoms with E-state index in [0.717, 1.165) is 37.5 Å². The van der Waals surface area contributed by atoms with E-state index in [9.17, 15) is 8.42 Å². The van der Waals surface area contributed by atoms with Crippen LogP contribution in [0.2, 0.25) is 0 Å². The number of hydrogen-bond donors (Lipinski definition) is 0. The number of benzene rings is 1. The quantitative estimate of drug-likeness (QED) is 0.742. The zero-order valence-corrected chi connectivity index (χ0v) is 16.9. The molecule has 1 saturated heterocycles. The fourth-order valence-corrected chi connectivity index (χ4v) is 6.30. The third kappa shape index (κ3) is 2.93. The van der Waals surface area contributed by atoms with E-state index in [4.69, 9.17) is 4.74 Å². The maximum absolute atomic E-state index is 13.3. The maximum Gasteiger partial charge on any atom is 0.243 e. The molecular weight excluding hydrogens is 376 g/mol. The Balaban J connectivity index is 1.44. The van der Waals surface area contributed by atoms with E-state index >= 15 is 0 Å².